The average Bonchev–Trinajstić information content (AvgIpc) is 2.83. The van der Waals surface area contributed by atoms with Crippen molar-refractivity contribution in [3.8, 4) is 11.4 Å². The molecule has 96 valence electrons. The number of tetrazole rings is 1. The summed E-state index contributed by atoms with van der Waals surface area (Å²) in [4.78, 5) is 0. The second-order valence-corrected chi connectivity index (χ2v) is 4.15. The normalized spacial score (nSPS) is 11.1. The first-order valence-corrected chi connectivity index (χ1v) is 6.00. The van der Waals surface area contributed by atoms with Crippen molar-refractivity contribution in [1.29, 1.82) is 0 Å². The molecule has 0 fully saturated rings. The Morgan fingerprint density at radius 1 is 1.33 bits per heavy atom. The third kappa shape index (κ3) is 2.18. The van der Waals surface area contributed by atoms with Gasteiger partial charge in [-0.3, -0.25) is 0 Å². The van der Waals surface area contributed by atoms with Crippen LogP contribution in [0, 0.1) is 5.82 Å². The van der Waals surface area contributed by atoms with Crippen molar-refractivity contribution in [2.75, 3.05) is 5.73 Å². The minimum Gasteiger partial charge on any atom is -0.396 e. The van der Waals surface area contributed by atoms with Gasteiger partial charge in [0.2, 0.25) is 0 Å². The molecule has 1 heterocycles. The van der Waals surface area contributed by atoms with E-state index in [1.807, 2.05) is 0 Å². The fourth-order valence-electron chi connectivity index (χ4n) is 1.95. The van der Waals surface area contributed by atoms with Crippen LogP contribution < -0.4 is 5.73 Å². The third-order valence-corrected chi connectivity index (χ3v) is 3.04. The lowest BCUT2D eigenvalue weighted by Crippen LogP contribution is -2.10. The topological polar surface area (TPSA) is 69.6 Å². The van der Waals surface area contributed by atoms with Gasteiger partial charge in [-0.05, 0) is 41.5 Å². The highest BCUT2D eigenvalue weighted by molar-refractivity contribution is 5.61. The molecule has 2 rings (SSSR count). The number of rotatable bonds is 4. The smallest absolute Gasteiger partial charge is 0.182 e. The van der Waals surface area contributed by atoms with Crippen LogP contribution in [0.3, 0.4) is 0 Å². The predicted molar refractivity (Wildman–Crippen MR) is 67.2 cm³/mol. The average molecular weight is 249 g/mol. The number of anilines is 1. The number of nitrogens with two attached hydrogens (primary N) is 1. The Kier molecular flexibility index (Phi) is 3.55. The van der Waals surface area contributed by atoms with Gasteiger partial charge in [0.1, 0.15) is 5.82 Å². The number of nitrogens with zero attached hydrogens (tertiary/aromatic N) is 4. The van der Waals surface area contributed by atoms with Gasteiger partial charge in [0.15, 0.2) is 5.82 Å². The first kappa shape index (κ1) is 12.5. The van der Waals surface area contributed by atoms with Crippen LogP contribution >= 0.6 is 0 Å². The van der Waals surface area contributed by atoms with E-state index in [1.165, 1.54) is 6.07 Å². The fraction of sp³-hybridized carbons (Fsp3) is 0.417. The number of benzene rings is 1. The first-order chi connectivity index (χ1) is 8.67. The van der Waals surface area contributed by atoms with Crippen LogP contribution in [0.4, 0.5) is 10.1 Å². The lowest BCUT2D eigenvalue weighted by molar-refractivity contribution is 0.422. The van der Waals surface area contributed by atoms with E-state index in [0.29, 0.717) is 5.82 Å². The van der Waals surface area contributed by atoms with Crippen LogP contribution in [-0.2, 0) is 0 Å². The molecule has 0 radical (unpaired) electrons. The van der Waals surface area contributed by atoms with E-state index >= 15 is 0 Å². The van der Waals surface area contributed by atoms with Gasteiger partial charge in [-0.2, -0.15) is 0 Å². The fourth-order valence-corrected chi connectivity index (χ4v) is 1.95. The Morgan fingerprint density at radius 3 is 2.67 bits per heavy atom. The molecule has 18 heavy (non-hydrogen) atoms. The van der Waals surface area contributed by atoms with Gasteiger partial charge >= 0.3 is 0 Å². The zero-order valence-electron chi connectivity index (χ0n) is 10.5. The minimum atomic E-state index is -0.430. The van der Waals surface area contributed by atoms with Crippen molar-refractivity contribution in [2.45, 2.75) is 32.7 Å². The Bertz CT molecular complexity index is 533. The molecule has 5 nitrogen and oxygen atoms in total. The van der Waals surface area contributed by atoms with Crippen molar-refractivity contribution in [2.24, 2.45) is 0 Å². The Hall–Kier alpha value is -1.98. The van der Waals surface area contributed by atoms with Crippen LogP contribution in [-0.4, -0.2) is 20.2 Å². The van der Waals surface area contributed by atoms with Crippen LogP contribution in [0.2, 0.25) is 0 Å². The van der Waals surface area contributed by atoms with Crippen LogP contribution in [0.15, 0.2) is 18.2 Å². The van der Waals surface area contributed by atoms with Crippen LogP contribution in [0.25, 0.3) is 11.4 Å². The van der Waals surface area contributed by atoms with Gasteiger partial charge in [-0.15, -0.1) is 5.10 Å². The predicted octanol–water partition coefficient (Wildman–Crippen LogP) is 2.42. The standard InChI is InChI=1S/C12H16FN5/c1-3-9(4-2)18-12(15-16-17-18)8-5-6-10(13)11(14)7-8/h5-7,9H,3-4,14H2,1-2H3. The molecule has 6 heteroatoms. The maximum Gasteiger partial charge on any atom is 0.182 e. The summed E-state index contributed by atoms with van der Waals surface area (Å²) in [5.74, 6) is 0.190. The molecule has 2 aromatic rings. The van der Waals surface area contributed by atoms with E-state index < -0.39 is 5.82 Å². The minimum absolute atomic E-state index is 0.103. The van der Waals surface area contributed by atoms with Crippen molar-refractivity contribution in [1.82, 2.24) is 20.2 Å². The van der Waals surface area contributed by atoms with Gasteiger partial charge in [0, 0.05) is 5.56 Å². The molecule has 0 aliphatic rings. The zero-order valence-corrected chi connectivity index (χ0v) is 10.5. The van der Waals surface area contributed by atoms with Gasteiger partial charge in [0.25, 0.3) is 0 Å². The molecule has 0 atom stereocenters. The summed E-state index contributed by atoms with van der Waals surface area (Å²) in [6.45, 7) is 4.16. The number of halogens is 1. The molecule has 0 unspecified atom stereocenters. The summed E-state index contributed by atoms with van der Waals surface area (Å²) in [7, 11) is 0. The van der Waals surface area contributed by atoms with Crippen molar-refractivity contribution in [3.05, 3.63) is 24.0 Å². The van der Waals surface area contributed by atoms with E-state index in [4.69, 9.17) is 5.73 Å². The highest BCUT2D eigenvalue weighted by atomic mass is 19.1. The maximum atomic E-state index is 13.1. The molecule has 0 saturated heterocycles. The highest BCUT2D eigenvalue weighted by Crippen LogP contribution is 2.25. The van der Waals surface area contributed by atoms with Crippen molar-refractivity contribution >= 4 is 5.69 Å². The Labute approximate surface area is 105 Å². The summed E-state index contributed by atoms with van der Waals surface area (Å²) >= 11 is 0. The van der Waals surface area contributed by atoms with Crippen LogP contribution in [0.1, 0.15) is 32.7 Å². The van der Waals surface area contributed by atoms with Gasteiger partial charge in [-0.25, -0.2) is 9.07 Å². The quantitative estimate of drug-likeness (QED) is 0.845. The summed E-state index contributed by atoms with van der Waals surface area (Å²) < 4.78 is 14.9. The Morgan fingerprint density at radius 2 is 2.06 bits per heavy atom. The molecule has 1 aromatic heterocycles. The Balaban J connectivity index is 2.45. The third-order valence-electron chi connectivity index (χ3n) is 3.04. The van der Waals surface area contributed by atoms with Crippen LogP contribution in [0.5, 0.6) is 0 Å². The lowest BCUT2D eigenvalue weighted by atomic mass is 10.1. The molecule has 2 N–H and O–H groups in total. The number of aromatic nitrogens is 4. The van der Waals surface area contributed by atoms with E-state index in [2.05, 4.69) is 29.4 Å². The summed E-state index contributed by atoms with van der Waals surface area (Å²) in [5, 5.41) is 11.7. The molecular weight excluding hydrogens is 233 g/mol. The largest absolute Gasteiger partial charge is 0.396 e. The molecule has 0 spiro atoms. The molecule has 1 aromatic carbocycles. The summed E-state index contributed by atoms with van der Waals surface area (Å²) in [6.07, 6.45) is 1.87. The van der Waals surface area contributed by atoms with Crippen molar-refractivity contribution in [3.63, 3.8) is 0 Å². The summed E-state index contributed by atoms with van der Waals surface area (Å²) in [6, 6.07) is 4.76. The van der Waals surface area contributed by atoms with E-state index in [0.717, 1.165) is 18.4 Å². The first-order valence-electron chi connectivity index (χ1n) is 6.00. The van der Waals surface area contributed by atoms with Gasteiger partial charge < -0.3 is 5.73 Å². The molecule has 0 bridgehead atoms. The summed E-state index contributed by atoms with van der Waals surface area (Å²) in [5.41, 5.74) is 6.40. The van der Waals surface area contributed by atoms with Gasteiger partial charge in [0.05, 0.1) is 11.7 Å². The van der Waals surface area contributed by atoms with E-state index in [9.17, 15) is 4.39 Å². The molecule has 0 amide bonds. The monoisotopic (exact) mass is 249 g/mol. The maximum absolute atomic E-state index is 13.1. The van der Waals surface area contributed by atoms with Crippen molar-refractivity contribution < 1.29 is 4.39 Å². The highest BCUT2D eigenvalue weighted by Gasteiger charge is 2.16. The SMILES string of the molecule is CCC(CC)n1nnnc1-c1ccc(F)c(N)c1. The van der Waals surface area contributed by atoms with Gasteiger partial charge in [-0.1, -0.05) is 13.8 Å². The number of nitrogen functional groups attached to an aromatic ring is 1. The van der Waals surface area contributed by atoms with E-state index in [-0.39, 0.29) is 11.7 Å². The molecule has 0 aliphatic heterocycles. The second-order valence-electron chi connectivity index (χ2n) is 4.15. The molecule has 0 aliphatic carbocycles. The second kappa shape index (κ2) is 5.12. The molecular formula is C12H16FN5. The lowest BCUT2D eigenvalue weighted by Gasteiger charge is -2.14. The number of hydrogen-bond donors (Lipinski definition) is 1. The molecule has 0 saturated carbocycles. The van der Waals surface area contributed by atoms with E-state index in [1.54, 1.807) is 16.8 Å². The number of hydrogen-bond acceptors (Lipinski definition) is 4. The zero-order chi connectivity index (χ0) is 13.1.